The molecule has 1 aliphatic carbocycles. The van der Waals surface area contributed by atoms with E-state index in [1.54, 1.807) is 0 Å². The average molecular weight is 466 g/mol. The van der Waals surface area contributed by atoms with Gasteiger partial charge in [-0.3, -0.25) is 4.79 Å². The molecule has 3 aliphatic rings. The van der Waals surface area contributed by atoms with Crippen LogP contribution in [-0.4, -0.2) is 67.2 Å². The highest BCUT2D eigenvalue weighted by molar-refractivity contribution is 5.84. The van der Waals surface area contributed by atoms with Crippen molar-refractivity contribution in [1.82, 2.24) is 10.6 Å². The van der Waals surface area contributed by atoms with Gasteiger partial charge < -0.3 is 30.0 Å². The molecule has 0 bridgehead atoms. The van der Waals surface area contributed by atoms with Crippen molar-refractivity contribution in [2.24, 2.45) is 0 Å². The molecular weight excluding hydrogens is 440 g/mol. The summed E-state index contributed by atoms with van der Waals surface area (Å²) < 4.78 is 16.3. The van der Waals surface area contributed by atoms with E-state index in [9.17, 15) is 19.5 Å². The first-order chi connectivity index (χ1) is 16.5. The molecule has 2 aromatic carbocycles. The van der Waals surface area contributed by atoms with E-state index in [1.807, 2.05) is 36.4 Å². The second-order valence-electron chi connectivity index (χ2n) is 8.69. The number of rotatable bonds is 6. The lowest BCUT2D eigenvalue weighted by molar-refractivity contribution is -0.148. The lowest BCUT2D eigenvalue weighted by Gasteiger charge is -2.23. The van der Waals surface area contributed by atoms with E-state index in [4.69, 9.17) is 14.2 Å². The Hall–Kier alpha value is -3.43. The highest BCUT2D eigenvalue weighted by Gasteiger charge is 2.41. The number of hydrogen-bond acceptors (Lipinski definition) is 6. The minimum absolute atomic E-state index is 0.0626. The van der Waals surface area contributed by atoms with Crippen molar-refractivity contribution in [3.63, 3.8) is 0 Å². The Kier molecular flexibility index (Phi) is 6.21. The molecule has 9 nitrogen and oxygen atoms in total. The van der Waals surface area contributed by atoms with Gasteiger partial charge in [0.05, 0.1) is 12.1 Å². The molecule has 2 fully saturated rings. The van der Waals surface area contributed by atoms with Crippen LogP contribution in [0.2, 0.25) is 0 Å². The first-order valence-electron chi connectivity index (χ1n) is 11.4. The fourth-order valence-electron chi connectivity index (χ4n) is 5.03. The largest absolute Gasteiger partial charge is 0.479 e. The quantitative estimate of drug-likeness (QED) is 0.595. The molecule has 0 radical (unpaired) electrons. The van der Waals surface area contributed by atoms with Crippen molar-refractivity contribution >= 4 is 18.0 Å². The average Bonchev–Trinajstić information content (AvgIpc) is 3.55. The number of carbonyl (C=O) groups is 3. The van der Waals surface area contributed by atoms with Crippen LogP contribution in [0.15, 0.2) is 48.5 Å². The van der Waals surface area contributed by atoms with E-state index in [2.05, 4.69) is 22.8 Å². The fourth-order valence-corrected chi connectivity index (χ4v) is 5.03. The molecular formula is C25H26N2O7. The van der Waals surface area contributed by atoms with Gasteiger partial charge in [0.1, 0.15) is 6.61 Å². The third-order valence-electron chi connectivity index (χ3n) is 6.66. The summed E-state index contributed by atoms with van der Waals surface area (Å²) in [6.45, 7) is 0.731. The molecule has 5 rings (SSSR count). The van der Waals surface area contributed by atoms with Crippen LogP contribution in [0.4, 0.5) is 4.79 Å². The second kappa shape index (κ2) is 9.44. The Morgan fingerprint density at radius 3 is 2.03 bits per heavy atom. The summed E-state index contributed by atoms with van der Waals surface area (Å²) in [6.07, 6.45) is -1.77. The maximum Gasteiger partial charge on any atom is 0.407 e. The van der Waals surface area contributed by atoms with Gasteiger partial charge in [0, 0.05) is 19.1 Å². The summed E-state index contributed by atoms with van der Waals surface area (Å²) >= 11 is 0. The molecule has 2 aliphatic heterocycles. The van der Waals surface area contributed by atoms with Gasteiger partial charge in [-0.05, 0) is 35.1 Å². The number of nitrogens with one attached hydrogen (secondary N) is 2. The van der Waals surface area contributed by atoms with Crippen LogP contribution in [0.1, 0.15) is 29.9 Å². The normalized spacial score (nSPS) is 25.4. The van der Waals surface area contributed by atoms with Crippen molar-refractivity contribution in [2.45, 2.75) is 43.1 Å². The predicted molar refractivity (Wildman–Crippen MR) is 120 cm³/mol. The second-order valence-corrected chi connectivity index (χ2v) is 8.69. The molecule has 0 spiro atoms. The standard InChI is InChI=1S/C25H26N2O7/c28-23(26-20-10-12-33-22(20)24(29)30)21-19(9-11-32-21)27-25(31)34-13-18-16-7-3-1-5-14(16)15-6-2-4-8-17(15)18/h1-8,18-22H,9-13H2,(H,26,28)(H,27,31)(H,29,30)/t19-,20?,21+,22?/m1/s1. The number of fused-ring (bicyclic) bond motifs is 3. The zero-order valence-corrected chi connectivity index (χ0v) is 18.4. The third kappa shape index (κ3) is 4.24. The number of carboxylic acid groups (broad SMARTS) is 1. The number of alkyl carbamates (subject to hydrolysis) is 1. The highest BCUT2D eigenvalue weighted by Crippen LogP contribution is 2.44. The number of amides is 2. The van der Waals surface area contributed by atoms with Crippen molar-refractivity contribution in [3.05, 3.63) is 59.7 Å². The Bertz CT molecular complexity index is 1060. The zero-order chi connectivity index (χ0) is 23.7. The molecule has 0 aromatic heterocycles. The van der Waals surface area contributed by atoms with Gasteiger partial charge in [-0.25, -0.2) is 9.59 Å². The zero-order valence-electron chi connectivity index (χ0n) is 18.4. The van der Waals surface area contributed by atoms with Crippen LogP contribution < -0.4 is 10.6 Å². The molecule has 34 heavy (non-hydrogen) atoms. The predicted octanol–water partition coefficient (Wildman–Crippen LogP) is 2.04. The third-order valence-corrected chi connectivity index (χ3v) is 6.66. The Morgan fingerprint density at radius 1 is 0.853 bits per heavy atom. The molecule has 0 saturated carbocycles. The van der Waals surface area contributed by atoms with Gasteiger partial charge in [-0.1, -0.05) is 48.5 Å². The minimum Gasteiger partial charge on any atom is -0.479 e. The van der Waals surface area contributed by atoms with Crippen molar-refractivity contribution in [2.75, 3.05) is 19.8 Å². The van der Waals surface area contributed by atoms with Crippen LogP contribution in [0.5, 0.6) is 0 Å². The summed E-state index contributed by atoms with van der Waals surface area (Å²) in [5.41, 5.74) is 4.52. The lowest BCUT2D eigenvalue weighted by atomic mass is 9.98. The molecule has 178 valence electrons. The molecule has 2 saturated heterocycles. The Morgan fingerprint density at radius 2 is 1.41 bits per heavy atom. The monoisotopic (exact) mass is 466 g/mol. The summed E-state index contributed by atoms with van der Waals surface area (Å²) in [5.74, 6) is -1.65. The summed E-state index contributed by atoms with van der Waals surface area (Å²) in [5, 5.41) is 14.7. The highest BCUT2D eigenvalue weighted by atomic mass is 16.6. The van der Waals surface area contributed by atoms with Crippen LogP contribution in [0, 0.1) is 0 Å². The SMILES string of the molecule is O=C(N[C@@H]1CCO[C@@H]1C(=O)NC1CCOC1C(=O)O)OCC1c2ccccc2-c2ccccc21. The van der Waals surface area contributed by atoms with Crippen LogP contribution in [0.3, 0.4) is 0 Å². The first-order valence-corrected chi connectivity index (χ1v) is 11.4. The maximum absolute atomic E-state index is 12.7. The van der Waals surface area contributed by atoms with E-state index in [0.29, 0.717) is 19.4 Å². The summed E-state index contributed by atoms with van der Waals surface area (Å²) in [7, 11) is 0. The fraction of sp³-hybridized carbons (Fsp3) is 0.400. The summed E-state index contributed by atoms with van der Waals surface area (Å²) in [4.78, 5) is 36.6. The topological polar surface area (TPSA) is 123 Å². The number of benzene rings is 2. The molecule has 2 unspecified atom stereocenters. The number of carbonyl (C=O) groups excluding carboxylic acids is 2. The minimum atomic E-state index is -1.12. The number of carboxylic acids is 1. The Balaban J connectivity index is 1.19. The van der Waals surface area contributed by atoms with E-state index < -0.39 is 42.3 Å². The molecule has 9 heteroatoms. The van der Waals surface area contributed by atoms with Gasteiger partial charge in [0.2, 0.25) is 0 Å². The van der Waals surface area contributed by atoms with Crippen molar-refractivity contribution < 1.29 is 33.7 Å². The van der Waals surface area contributed by atoms with Gasteiger partial charge >= 0.3 is 12.1 Å². The van der Waals surface area contributed by atoms with E-state index in [-0.39, 0.29) is 19.1 Å². The molecule has 2 amide bonds. The van der Waals surface area contributed by atoms with Gasteiger partial charge in [-0.15, -0.1) is 0 Å². The smallest absolute Gasteiger partial charge is 0.407 e. The molecule has 2 heterocycles. The van der Waals surface area contributed by atoms with Crippen molar-refractivity contribution in [1.29, 1.82) is 0 Å². The first kappa shape index (κ1) is 22.4. The van der Waals surface area contributed by atoms with Gasteiger partial charge in [0.15, 0.2) is 12.2 Å². The maximum atomic E-state index is 12.7. The lowest BCUT2D eigenvalue weighted by Crippen LogP contribution is -2.53. The van der Waals surface area contributed by atoms with Crippen molar-refractivity contribution in [3.8, 4) is 11.1 Å². The Labute approximate surface area is 196 Å². The number of aliphatic carboxylic acids is 1. The van der Waals surface area contributed by atoms with Gasteiger partial charge in [0.25, 0.3) is 5.91 Å². The molecule has 4 atom stereocenters. The van der Waals surface area contributed by atoms with E-state index in [0.717, 1.165) is 22.3 Å². The number of ether oxygens (including phenoxy) is 3. The van der Waals surface area contributed by atoms with Gasteiger partial charge in [-0.2, -0.15) is 0 Å². The van der Waals surface area contributed by atoms with Crippen LogP contribution in [0.25, 0.3) is 11.1 Å². The van der Waals surface area contributed by atoms with Crippen LogP contribution >= 0.6 is 0 Å². The molecule has 2 aromatic rings. The van der Waals surface area contributed by atoms with E-state index in [1.165, 1.54) is 0 Å². The number of hydrogen-bond donors (Lipinski definition) is 3. The summed E-state index contributed by atoms with van der Waals surface area (Å²) in [6, 6.07) is 15.0. The molecule has 3 N–H and O–H groups in total. The van der Waals surface area contributed by atoms with Crippen LogP contribution in [-0.2, 0) is 23.8 Å². The van der Waals surface area contributed by atoms with E-state index >= 15 is 0 Å².